The Labute approximate surface area is 115 Å². The first-order chi connectivity index (χ1) is 8.49. The van der Waals surface area contributed by atoms with Crippen LogP contribution in [0.25, 0.3) is 0 Å². The van der Waals surface area contributed by atoms with Gasteiger partial charge in [-0.1, -0.05) is 47.0 Å². The lowest BCUT2D eigenvalue weighted by molar-refractivity contribution is 0.104. The van der Waals surface area contributed by atoms with Gasteiger partial charge in [0.25, 0.3) is 0 Å². The minimum atomic E-state index is 0.508. The highest BCUT2D eigenvalue weighted by Crippen LogP contribution is 2.43. The van der Waals surface area contributed by atoms with E-state index in [2.05, 4.69) is 39.9 Å². The molecule has 1 N–H and O–H groups in total. The number of hydrogen-bond donors (Lipinski definition) is 1. The van der Waals surface area contributed by atoms with Gasteiger partial charge in [0.1, 0.15) is 0 Å². The molecule has 0 aliphatic heterocycles. The summed E-state index contributed by atoms with van der Waals surface area (Å²) in [6.07, 6.45) is 9.83. The highest BCUT2D eigenvalue weighted by atomic mass is 14.9. The molecule has 0 saturated heterocycles. The van der Waals surface area contributed by atoms with Crippen molar-refractivity contribution in [2.24, 2.45) is 17.3 Å². The molecule has 3 atom stereocenters. The molecule has 0 aromatic rings. The third kappa shape index (κ3) is 4.91. The van der Waals surface area contributed by atoms with Crippen LogP contribution in [-0.4, -0.2) is 12.6 Å². The smallest absolute Gasteiger partial charge is 0.00439 e. The predicted octanol–water partition coefficient (Wildman–Crippen LogP) is 5.01. The first-order valence-corrected chi connectivity index (χ1v) is 8.23. The topological polar surface area (TPSA) is 12.0 Å². The van der Waals surface area contributed by atoms with E-state index in [4.69, 9.17) is 0 Å². The van der Waals surface area contributed by atoms with E-state index < -0.39 is 0 Å². The van der Waals surface area contributed by atoms with Gasteiger partial charge >= 0.3 is 0 Å². The van der Waals surface area contributed by atoms with Gasteiger partial charge in [0.05, 0.1) is 0 Å². The van der Waals surface area contributed by atoms with E-state index in [-0.39, 0.29) is 0 Å². The quantitative estimate of drug-likeness (QED) is 0.672. The Bertz CT molecular complexity index is 222. The molecule has 1 fully saturated rings. The van der Waals surface area contributed by atoms with E-state index in [0.29, 0.717) is 11.5 Å². The second-order valence-corrected chi connectivity index (χ2v) is 7.19. The normalized spacial score (nSPS) is 27.2. The Balaban J connectivity index is 2.45. The molecule has 0 bridgehead atoms. The summed E-state index contributed by atoms with van der Waals surface area (Å²) in [5, 5.41) is 3.65. The van der Waals surface area contributed by atoms with Gasteiger partial charge in [-0.05, 0) is 56.4 Å². The van der Waals surface area contributed by atoms with Crippen molar-refractivity contribution >= 4 is 0 Å². The van der Waals surface area contributed by atoms with Crippen LogP contribution in [-0.2, 0) is 0 Å². The fourth-order valence-electron chi connectivity index (χ4n) is 3.79. The molecule has 0 amide bonds. The van der Waals surface area contributed by atoms with Crippen molar-refractivity contribution in [1.29, 1.82) is 0 Å². The van der Waals surface area contributed by atoms with Gasteiger partial charge in [-0.3, -0.25) is 0 Å². The van der Waals surface area contributed by atoms with Crippen molar-refractivity contribution < 1.29 is 0 Å². The average molecular weight is 253 g/mol. The van der Waals surface area contributed by atoms with Crippen LogP contribution < -0.4 is 5.32 Å². The molecule has 0 heterocycles. The Morgan fingerprint density at radius 3 is 2.56 bits per heavy atom. The summed E-state index contributed by atoms with van der Waals surface area (Å²) in [4.78, 5) is 0. The minimum absolute atomic E-state index is 0.508. The lowest BCUT2D eigenvalue weighted by Crippen LogP contribution is -2.37. The average Bonchev–Trinajstić information content (AvgIpc) is 2.36. The van der Waals surface area contributed by atoms with Crippen LogP contribution in [0.2, 0.25) is 0 Å². The van der Waals surface area contributed by atoms with Crippen LogP contribution in [0.4, 0.5) is 0 Å². The van der Waals surface area contributed by atoms with Crippen LogP contribution in [0.15, 0.2) is 0 Å². The largest absolute Gasteiger partial charge is 0.314 e. The summed E-state index contributed by atoms with van der Waals surface area (Å²) < 4.78 is 0. The SMILES string of the molecule is CCCNC(C)CC(C)(C)C1CCCC(CC)C1. The van der Waals surface area contributed by atoms with Gasteiger partial charge in [0, 0.05) is 6.04 Å². The van der Waals surface area contributed by atoms with Gasteiger partial charge in [-0.25, -0.2) is 0 Å². The van der Waals surface area contributed by atoms with E-state index >= 15 is 0 Å². The monoisotopic (exact) mass is 253 g/mol. The molecular formula is C17H35N. The molecule has 18 heavy (non-hydrogen) atoms. The van der Waals surface area contributed by atoms with Gasteiger partial charge < -0.3 is 5.32 Å². The van der Waals surface area contributed by atoms with E-state index in [1.165, 1.54) is 51.5 Å². The summed E-state index contributed by atoms with van der Waals surface area (Å²) in [6, 6.07) is 0.668. The van der Waals surface area contributed by atoms with Crippen molar-refractivity contribution in [2.45, 2.75) is 85.6 Å². The summed E-state index contributed by atoms with van der Waals surface area (Å²) in [6.45, 7) is 13.1. The predicted molar refractivity (Wildman–Crippen MR) is 81.9 cm³/mol. The second kappa shape index (κ2) is 7.53. The minimum Gasteiger partial charge on any atom is -0.314 e. The van der Waals surface area contributed by atoms with Crippen molar-refractivity contribution in [1.82, 2.24) is 5.32 Å². The van der Waals surface area contributed by atoms with E-state index in [1.807, 2.05) is 0 Å². The number of rotatable bonds is 7. The van der Waals surface area contributed by atoms with E-state index in [9.17, 15) is 0 Å². The Morgan fingerprint density at radius 1 is 1.22 bits per heavy atom. The molecule has 0 aromatic heterocycles. The number of nitrogens with one attached hydrogen (secondary N) is 1. The summed E-state index contributed by atoms with van der Waals surface area (Å²) in [5.74, 6) is 1.95. The van der Waals surface area contributed by atoms with Crippen molar-refractivity contribution in [2.75, 3.05) is 6.54 Å². The Kier molecular flexibility index (Phi) is 6.70. The first kappa shape index (κ1) is 16.0. The zero-order chi connectivity index (χ0) is 13.6. The lowest BCUT2D eigenvalue weighted by atomic mass is 9.65. The maximum atomic E-state index is 3.65. The summed E-state index contributed by atoms with van der Waals surface area (Å²) in [5.41, 5.74) is 0.508. The summed E-state index contributed by atoms with van der Waals surface area (Å²) in [7, 11) is 0. The molecule has 0 spiro atoms. The molecular weight excluding hydrogens is 218 g/mol. The standard InChI is InChI=1S/C17H35N/c1-6-11-18-14(3)13-17(4,5)16-10-8-9-15(7-2)12-16/h14-16,18H,6-13H2,1-5H3. The third-order valence-electron chi connectivity index (χ3n) is 5.04. The number of hydrogen-bond acceptors (Lipinski definition) is 1. The molecule has 1 saturated carbocycles. The fraction of sp³-hybridized carbons (Fsp3) is 1.00. The summed E-state index contributed by atoms with van der Waals surface area (Å²) >= 11 is 0. The molecule has 3 unspecified atom stereocenters. The molecule has 108 valence electrons. The zero-order valence-electron chi connectivity index (χ0n) is 13.4. The molecule has 1 aliphatic rings. The maximum Gasteiger partial charge on any atom is 0.00439 e. The zero-order valence-corrected chi connectivity index (χ0v) is 13.4. The van der Waals surface area contributed by atoms with Crippen LogP contribution in [0, 0.1) is 17.3 Å². The third-order valence-corrected chi connectivity index (χ3v) is 5.04. The maximum absolute atomic E-state index is 3.65. The molecule has 0 radical (unpaired) electrons. The second-order valence-electron chi connectivity index (χ2n) is 7.19. The van der Waals surface area contributed by atoms with Crippen molar-refractivity contribution in [3.63, 3.8) is 0 Å². The fourth-order valence-corrected chi connectivity index (χ4v) is 3.79. The van der Waals surface area contributed by atoms with Gasteiger partial charge in [-0.2, -0.15) is 0 Å². The van der Waals surface area contributed by atoms with Crippen molar-refractivity contribution in [3.8, 4) is 0 Å². The van der Waals surface area contributed by atoms with Crippen LogP contribution in [0.3, 0.4) is 0 Å². The molecule has 1 heteroatoms. The first-order valence-electron chi connectivity index (χ1n) is 8.23. The van der Waals surface area contributed by atoms with E-state index in [0.717, 1.165) is 11.8 Å². The van der Waals surface area contributed by atoms with Gasteiger partial charge in [0.15, 0.2) is 0 Å². The van der Waals surface area contributed by atoms with Crippen molar-refractivity contribution in [3.05, 3.63) is 0 Å². The highest BCUT2D eigenvalue weighted by Gasteiger charge is 2.34. The Morgan fingerprint density at radius 2 is 1.94 bits per heavy atom. The van der Waals surface area contributed by atoms with E-state index in [1.54, 1.807) is 0 Å². The Hall–Kier alpha value is -0.0400. The highest BCUT2D eigenvalue weighted by molar-refractivity contribution is 4.86. The molecule has 1 rings (SSSR count). The van der Waals surface area contributed by atoms with Crippen LogP contribution >= 0.6 is 0 Å². The lowest BCUT2D eigenvalue weighted by Gasteiger charge is -2.41. The molecule has 0 aromatic carbocycles. The van der Waals surface area contributed by atoms with Gasteiger partial charge in [-0.15, -0.1) is 0 Å². The molecule has 1 nitrogen and oxygen atoms in total. The van der Waals surface area contributed by atoms with Crippen LogP contribution in [0.5, 0.6) is 0 Å². The van der Waals surface area contributed by atoms with Gasteiger partial charge in [0.2, 0.25) is 0 Å². The van der Waals surface area contributed by atoms with Crippen LogP contribution in [0.1, 0.15) is 79.6 Å². The molecule has 1 aliphatic carbocycles.